The maximum Gasteiger partial charge on any atom is 0.416 e. The zero-order chi connectivity index (χ0) is 25.0. The van der Waals surface area contributed by atoms with Gasteiger partial charge in [-0.2, -0.15) is 22.6 Å². The Morgan fingerprint density at radius 1 is 1.11 bits per heavy atom. The van der Waals surface area contributed by atoms with E-state index >= 15 is 0 Å². The Bertz CT molecular complexity index is 1240. The maximum atomic E-state index is 13.2. The van der Waals surface area contributed by atoms with Crippen molar-refractivity contribution in [2.24, 2.45) is 17.8 Å². The van der Waals surface area contributed by atoms with Crippen molar-refractivity contribution in [3.63, 3.8) is 0 Å². The molecule has 4 heterocycles. The Labute approximate surface area is 212 Å². The predicted octanol–water partition coefficient (Wildman–Crippen LogP) is 5.70. The van der Waals surface area contributed by atoms with Crippen molar-refractivity contribution in [2.45, 2.75) is 57.7 Å². The van der Waals surface area contributed by atoms with E-state index in [1.807, 2.05) is 11.6 Å². The summed E-state index contributed by atoms with van der Waals surface area (Å²) in [6.07, 6.45) is 0.659. The van der Waals surface area contributed by atoms with Gasteiger partial charge in [0.1, 0.15) is 16.6 Å². The van der Waals surface area contributed by atoms with Crippen LogP contribution < -0.4 is 9.64 Å². The lowest BCUT2D eigenvalue weighted by Crippen LogP contribution is -2.42. The van der Waals surface area contributed by atoms with Crippen LogP contribution in [0.5, 0.6) is 5.75 Å². The van der Waals surface area contributed by atoms with Gasteiger partial charge in [-0.1, -0.05) is 6.07 Å². The molecule has 6 rings (SSSR count). The van der Waals surface area contributed by atoms with Crippen LogP contribution in [-0.4, -0.2) is 39.3 Å². The number of hydrogen-bond acceptors (Lipinski definition) is 6. The number of aromatic nitrogens is 4. The second-order valence-corrected chi connectivity index (χ2v) is 11.2. The summed E-state index contributed by atoms with van der Waals surface area (Å²) in [6.45, 7) is 4.95. The maximum absolute atomic E-state index is 13.2. The van der Waals surface area contributed by atoms with Crippen LogP contribution in [0, 0.1) is 24.7 Å². The van der Waals surface area contributed by atoms with Gasteiger partial charge < -0.3 is 9.64 Å². The van der Waals surface area contributed by atoms with Gasteiger partial charge in [0.15, 0.2) is 5.82 Å². The van der Waals surface area contributed by atoms with Crippen molar-refractivity contribution < 1.29 is 17.9 Å². The quantitative estimate of drug-likeness (QED) is 0.435. The van der Waals surface area contributed by atoms with Gasteiger partial charge >= 0.3 is 6.18 Å². The summed E-state index contributed by atoms with van der Waals surface area (Å²) < 4.78 is 51.6. The van der Waals surface area contributed by atoms with Crippen LogP contribution in [0.15, 0.2) is 24.3 Å². The highest BCUT2D eigenvalue weighted by atomic mass is 32.1. The highest BCUT2D eigenvalue weighted by Gasteiger charge is 2.43. The molecule has 1 saturated heterocycles. The minimum atomic E-state index is -4.40. The number of ether oxygens (including phenoxy) is 1. The number of methoxy groups -OCH3 is 1. The van der Waals surface area contributed by atoms with E-state index in [1.54, 1.807) is 17.6 Å². The zero-order valence-corrected chi connectivity index (χ0v) is 21.3. The summed E-state index contributed by atoms with van der Waals surface area (Å²) in [7, 11) is 1.42. The molecule has 10 heteroatoms. The van der Waals surface area contributed by atoms with E-state index in [4.69, 9.17) is 14.8 Å². The fourth-order valence-corrected chi connectivity index (χ4v) is 7.29. The molecule has 2 unspecified atom stereocenters. The average Bonchev–Trinajstić information content (AvgIpc) is 3.53. The fraction of sp³-hybridized carbons (Fsp3) is 0.577. The van der Waals surface area contributed by atoms with E-state index in [1.165, 1.54) is 25.0 Å². The molecule has 0 N–H and O–H groups in total. The third kappa shape index (κ3) is 4.27. The van der Waals surface area contributed by atoms with E-state index in [0.717, 1.165) is 73.9 Å². The van der Waals surface area contributed by atoms with Crippen LogP contribution in [0.3, 0.4) is 0 Å². The van der Waals surface area contributed by atoms with Gasteiger partial charge in [0, 0.05) is 37.5 Å². The Balaban J connectivity index is 1.22. The lowest BCUT2D eigenvalue weighted by atomic mass is 9.82. The normalized spacial score (nSPS) is 25.8. The Morgan fingerprint density at radius 2 is 1.89 bits per heavy atom. The standard InChI is InChI=1S/C26H30F3N5OS/c1-15-10-24(36-32-15)33-13-16-5-6-17(14-33)21(16)12-23-30-25-20(4-3-9-34(25)31-23)19-8-7-18(26(27,28)29)11-22(19)35-2/h7-8,10-11,16-17,20-21H,3-6,9,12-14H2,1-2H3/t16-,17+,20?,21?. The average molecular weight is 518 g/mol. The summed E-state index contributed by atoms with van der Waals surface area (Å²) in [4.78, 5) is 7.48. The molecular weight excluding hydrogens is 487 g/mol. The molecule has 2 aliphatic heterocycles. The lowest BCUT2D eigenvalue weighted by molar-refractivity contribution is -0.137. The summed E-state index contributed by atoms with van der Waals surface area (Å²) in [5.74, 6) is 3.67. The topological polar surface area (TPSA) is 56.1 Å². The van der Waals surface area contributed by atoms with Crippen LogP contribution in [-0.2, 0) is 19.1 Å². The van der Waals surface area contributed by atoms with Gasteiger partial charge in [0.05, 0.1) is 18.4 Å². The number of aryl methyl sites for hydroxylation is 2. The van der Waals surface area contributed by atoms with Gasteiger partial charge in [-0.15, -0.1) is 0 Å². The Kier molecular flexibility index (Phi) is 5.97. The molecule has 1 saturated carbocycles. The molecule has 3 aromatic rings. The molecule has 0 radical (unpaired) electrons. The van der Waals surface area contributed by atoms with Crippen molar-refractivity contribution in [3.05, 3.63) is 52.7 Å². The molecule has 2 fully saturated rings. The first-order valence-corrected chi connectivity index (χ1v) is 13.4. The molecule has 0 spiro atoms. The van der Waals surface area contributed by atoms with Crippen molar-refractivity contribution in [1.82, 2.24) is 19.1 Å². The molecule has 192 valence electrons. The molecule has 1 aromatic carbocycles. The number of anilines is 1. The monoisotopic (exact) mass is 517 g/mol. The van der Waals surface area contributed by atoms with E-state index in [2.05, 4.69) is 15.3 Å². The van der Waals surface area contributed by atoms with Gasteiger partial charge in [0.2, 0.25) is 0 Å². The summed E-state index contributed by atoms with van der Waals surface area (Å²) in [5, 5.41) is 6.14. The highest BCUT2D eigenvalue weighted by Crippen LogP contribution is 2.46. The van der Waals surface area contributed by atoms with Gasteiger partial charge in [0.25, 0.3) is 0 Å². The first-order valence-electron chi connectivity index (χ1n) is 12.7. The summed E-state index contributed by atoms with van der Waals surface area (Å²) in [5.41, 5.74) is 1.13. The molecule has 4 atom stereocenters. The van der Waals surface area contributed by atoms with Crippen molar-refractivity contribution in [2.75, 3.05) is 25.1 Å². The van der Waals surface area contributed by atoms with Crippen molar-refractivity contribution in [1.29, 1.82) is 0 Å². The number of fused-ring (bicyclic) bond motifs is 3. The van der Waals surface area contributed by atoms with Crippen LogP contribution >= 0.6 is 11.5 Å². The number of hydrogen-bond donors (Lipinski definition) is 0. The molecule has 36 heavy (non-hydrogen) atoms. The predicted molar refractivity (Wildman–Crippen MR) is 132 cm³/mol. The third-order valence-electron chi connectivity index (χ3n) is 8.23. The SMILES string of the molecule is COc1cc(C(F)(F)F)ccc1C1CCCn2nc(CC3[C@@H]4CC[C@H]3CN(c3cc(C)ns3)C4)nc21. The second kappa shape index (κ2) is 9.04. The number of halogens is 3. The lowest BCUT2D eigenvalue weighted by Gasteiger charge is -2.38. The Hall–Kier alpha value is -2.62. The van der Waals surface area contributed by atoms with Gasteiger partial charge in [-0.25, -0.2) is 9.67 Å². The highest BCUT2D eigenvalue weighted by molar-refractivity contribution is 7.10. The molecular formula is C26H30F3N5OS. The van der Waals surface area contributed by atoms with Gasteiger partial charge in [-0.3, -0.25) is 0 Å². The van der Waals surface area contributed by atoms with Crippen LogP contribution in [0.4, 0.5) is 18.2 Å². The first-order chi connectivity index (χ1) is 17.3. The van der Waals surface area contributed by atoms with Crippen molar-refractivity contribution >= 4 is 16.5 Å². The van der Waals surface area contributed by atoms with Gasteiger partial charge in [-0.05, 0) is 80.1 Å². The molecule has 1 aliphatic carbocycles. The number of rotatable bonds is 5. The molecule has 2 aromatic heterocycles. The van der Waals surface area contributed by atoms with E-state index in [-0.39, 0.29) is 11.7 Å². The molecule has 3 aliphatic rings. The first kappa shape index (κ1) is 23.8. The minimum Gasteiger partial charge on any atom is -0.496 e. The van der Waals surface area contributed by atoms with Crippen LogP contribution in [0.2, 0.25) is 0 Å². The Morgan fingerprint density at radius 3 is 2.56 bits per heavy atom. The molecule has 2 bridgehead atoms. The number of nitrogens with zero attached hydrogens (tertiary/aromatic N) is 5. The number of alkyl halides is 3. The van der Waals surface area contributed by atoms with Crippen LogP contribution in [0.1, 0.15) is 60.1 Å². The number of benzene rings is 1. The van der Waals surface area contributed by atoms with E-state index < -0.39 is 11.7 Å². The van der Waals surface area contributed by atoms with Crippen molar-refractivity contribution in [3.8, 4) is 5.75 Å². The van der Waals surface area contributed by atoms with E-state index in [9.17, 15) is 13.2 Å². The largest absolute Gasteiger partial charge is 0.496 e. The number of piperidine rings is 1. The second-order valence-electron chi connectivity index (χ2n) is 10.4. The van der Waals surface area contributed by atoms with E-state index in [0.29, 0.717) is 17.8 Å². The van der Waals surface area contributed by atoms with Crippen LogP contribution in [0.25, 0.3) is 0 Å². The molecule has 6 nitrogen and oxygen atoms in total. The zero-order valence-electron chi connectivity index (χ0n) is 20.5. The summed E-state index contributed by atoms with van der Waals surface area (Å²) >= 11 is 1.59. The third-order valence-corrected chi connectivity index (χ3v) is 9.17. The fourth-order valence-electron chi connectivity index (χ4n) is 6.51. The molecule has 0 amide bonds. The minimum absolute atomic E-state index is 0.120. The smallest absolute Gasteiger partial charge is 0.416 e. The summed E-state index contributed by atoms with van der Waals surface area (Å²) in [6, 6.07) is 5.98.